The zero-order valence-electron chi connectivity index (χ0n) is 19.0. The molecule has 1 aromatic rings. The smallest absolute Gasteiger partial charge is 0.228 e. The molecular formula is C26H35N3O3. The van der Waals surface area contributed by atoms with Crippen LogP contribution in [0.2, 0.25) is 0 Å². The minimum Gasteiger partial charge on any atom is -0.381 e. The highest BCUT2D eigenvalue weighted by atomic mass is 16.5. The van der Waals surface area contributed by atoms with Crippen LogP contribution in [0.5, 0.6) is 0 Å². The molecule has 2 amide bonds. The number of likely N-dealkylation sites (tertiary alicyclic amines) is 1. The molecule has 5 rings (SSSR count). The van der Waals surface area contributed by atoms with Gasteiger partial charge in [-0.2, -0.15) is 0 Å². The zero-order valence-corrected chi connectivity index (χ0v) is 19.0. The number of ether oxygens (including phenoxy) is 1. The molecule has 2 atom stereocenters. The topological polar surface area (TPSA) is 53.1 Å². The Balaban J connectivity index is 1.05. The number of nitrogens with zero attached hydrogens (tertiary/aromatic N) is 3. The van der Waals surface area contributed by atoms with Crippen molar-refractivity contribution in [2.45, 2.75) is 25.7 Å². The highest BCUT2D eigenvalue weighted by molar-refractivity contribution is 5.83. The Bertz CT molecular complexity index is 833. The Labute approximate surface area is 191 Å². The Kier molecular flexibility index (Phi) is 6.33. The third kappa shape index (κ3) is 4.62. The molecule has 0 bridgehead atoms. The van der Waals surface area contributed by atoms with E-state index in [1.165, 1.54) is 5.56 Å². The van der Waals surface area contributed by atoms with Gasteiger partial charge in [0.15, 0.2) is 0 Å². The van der Waals surface area contributed by atoms with Crippen molar-refractivity contribution in [2.75, 3.05) is 59.0 Å². The summed E-state index contributed by atoms with van der Waals surface area (Å²) in [5, 5.41) is 0. The number of benzene rings is 1. The third-order valence-electron chi connectivity index (χ3n) is 8.00. The Morgan fingerprint density at radius 3 is 2.38 bits per heavy atom. The molecule has 1 aromatic carbocycles. The van der Waals surface area contributed by atoms with E-state index in [0.29, 0.717) is 19.1 Å². The van der Waals surface area contributed by atoms with Crippen molar-refractivity contribution in [1.82, 2.24) is 14.7 Å². The van der Waals surface area contributed by atoms with Gasteiger partial charge in [-0.1, -0.05) is 42.5 Å². The molecule has 0 radical (unpaired) electrons. The first-order valence-electron chi connectivity index (χ1n) is 12.2. The number of amides is 2. The number of piperidine rings is 1. The summed E-state index contributed by atoms with van der Waals surface area (Å²) in [5.41, 5.74) is 1.39. The third-order valence-corrected chi connectivity index (χ3v) is 8.00. The maximum absolute atomic E-state index is 13.2. The van der Waals surface area contributed by atoms with E-state index in [9.17, 15) is 9.59 Å². The van der Waals surface area contributed by atoms with E-state index in [4.69, 9.17) is 4.74 Å². The van der Waals surface area contributed by atoms with E-state index >= 15 is 0 Å². The molecule has 0 aromatic heterocycles. The van der Waals surface area contributed by atoms with Gasteiger partial charge in [0.25, 0.3) is 0 Å². The summed E-state index contributed by atoms with van der Waals surface area (Å²) < 4.78 is 5.38. The van der Waals surface area contributed by atoms with Crippen molar-refractivity contribution in [1.29, 1.82) is 0 Å². The average molecular weight is 438 g/mol. The molecule has 1 spiro atoms. The molecule has 0 N–H and O–H groups in total. The summed E-state index contributed by atoms with van der Waals surface area (Å²) in [6.45, 7) is 7.37. The molecule has 3 heterocycles. The largest absolute Gasteiger partial charge is 0.381 e. The van der Waals surface area contributed by atoms with Crippen molar-refractivity contribution >= 4 is 17.9 Å². The van der Waals surface area contributed by atoms with Gasteiger partial charge in [0.2, 0.25) is 11.8 Å². The van der Waals surface area contributed by atoms with Gasteiger partial charge in [-0.05, 0) is 36.7 Å². The molecule has 6 nitrogen and oxygen atoms in total. The fraction of sp³-hybridized carbons (Fsp3) is 0.615. The second-order valence-corrected chi connectivity index (χ2v) is 9.94. The predicted molar refractivity (Wildman–Crippen MR) is 124 cm³/mol. The SMILES string of the molecule is O=C([C@H]1CCOC1)N1CCC2(CC1)C[C@H]2C(=O)N1CCN(C/C=C/c2ccccc2)CC1. The molecule has 3 saturated heterocycles. The summed E-state index contributed by atoms with van der Waals surface area (Å²) in [6.07, 6.45) is 8.22. The highest BCUT2D eigenvalue weighted by Crippen LogP contribution is 2.60. The van der Waals surface area contributed by atoms with Crippen LogP contribution >= 0.6 is 0 Å². The molecule has 1 aliphatic carbocycles. The van der Waals surface area contributed by atoms with Gasteiger partial charge in [0.05, 0.1) is 12.5 Å². The van der Waals surface area contributed by atoms with Gasteiger partial charge >= 0.3 is 0 Å². The lowest BCUT2D eigenvalue weighted by atomic mass is 9.89. The van der Waals surface area contributed by atoms with Crippen LogP contribution in [-0.4, -0.2) is 85.5 Å². The van der Waals surface area contributed by atoms with E-state index in [1.54, 1.807) is 0 Å². The monoisotopic (exact) mass is 437 g/mol. The van der Waals surface area contributed by atoms with E-state index < -0.39 is 0 Å². The molecule has 32 heavy (non-hydrogen) atoms. The molecule has 0 unspecified atom stereocenters. The standard InChI is InChI=1S/C26H35N3O3/c30-24(22-8-18-32-20-22)28-12-9-26(10-13-28)19-23(26)25(31)29-16-14-27(15-17-29)11-4-7-21-5-2-1-3-6-21/h1-7,22-23H,8-20H2/b7-4+/t22-,23-/m0/s1. The molecule has 3 aliphatic heterocycles. The molecule has 4 fully saturated rings. The van der Waals surface area contributed by atoms with Gasteiger partial charge in [-0.15, -0.1) is 0 Å². The lowest BCUT2D eigenvalue weighted by Gasteiger charge is -2.36. The van der Waals surface area contributed by atoms with Crippen LogP contribution in [0.25, 0.3) is 6.08 Å². The normalized spacial score (nSPS) is 27.9. The average Bonchev–Trinajstić information content (AvgIpc) is 3.26. The summed E-state index contributed by atoms with van der Waals surface area (Å²) in [6, 6.07) is 10.4. The van der Waals surface area contributed by atoms with Crippen LogP contribution in [-0.2, 0) is 14.3 Å². The zero-order chi connectivity index (χ0) is 22.0. The second kappa shape index (κ2) is 9.36. The Morgan fingerprint density at radius 2 is 1.69 bits per heavy atom. The van der Waals surface area contributed by atoms with E-state index in [2.05, 4.69) is 46.2 Å². The number of carbonyl (C=O) groups is 2. The van der Waals surface area contributed by atoms with E-state index in [-0.39, 0.29) is 23.2 Å². The highest BCUT2D eigenvalue weighted by Gasteiger charge is 2.59. The van der Waals surface area contributed by atoms with Crippen LogP contribution in [0, 0.1) is 17.3 Å². The van der Waals surface area contributed by atoms with Crippen LogP contribution in [0.15, 0.2) is 36.4 Å². The minimum absolute atomic E-state index is 0.0551. The molecular weight excluding hydrogens is 402 g/mol. The fourth-order valence-electron chi connectivity index (χ4n) is 5.68. The first-order chi connectivity index (χ1) is 15.6. The number of hydrogen-bond donors (Lipinski definition) is 0. The first-order valence-corrected chi connectivity index (χ1v) is 12.2. The van der Waals surface area contributed by atoms with Gasteiger partial charge < -0.3 is 14.5 Å². The summed E-state index contributed by atoms with van der Waals surface area (Å²) in [4.78, 5) is 32.3. The van der Waals surface area contributed by atoms with Crippen LogP contribution < -0.4 is 0 Å². The summed E-state index contributed by atoms with van der Waals surface area (Å²) >= 11 is 0. The second-order valence-electron chi connectivity index (χ2n) is 9.94. The van der Waals surface area contributed by atoms with Crippen LogP contribution in [0.4, 0.5) is 0 Å². The van der Waals surface area contributed by atoms with Crippen molar-refractivity contribution in [3.63, 3.8) is 0 Å². The van der Waals surface area contributed by atoms with E-state index in [1.807, 2.05) is 11.0 Å². The molecule has 4 aliphatic rings. The molecule has 6 heteroatoms. The Morgan fingerprint density at radius 1 is 0.969 bits per heavy atom. The quantitative estimate of drug-likeness (QED) is 0.710. The lowest BCUT2D eigenvalue weighted by molar-refractivity contribution is -0.137. The molecule has 172 valence electrons. The van der Waals surface area contributed by atoms with Gasteiger partial charge in [-0.3, -0.25) is 14.5 Å². The first kappa shape index (κ1) is 21.7. The van der Waals surface area contributed by atoms with Gasteiger partial charge in [0, 0.05) is 58.3 Å². The molecule has 1 saturated carbocycles. The lowest BCUT2D eigenvalue weighted by Crippen LogP contribution is -2.50. The van der Waals surface area contributed by atoms with Gasteiger partial charge in [0.1, 0.15) is 0 Å². The minimum atomic E-state index is 0.0551. The number of carbonyl (C=O) groups excluding carboxylic acids is 2. The van der Waals surface area contributed by atoms with Crippen LogP contribution in [0.3, 0.4) is 0 Å². The van der Waals surface area contributed by atoms with Crippen molar-refractivity contribution in [3.8, 4) is 0 Å². The summed E-state index contributed by atoms with van der Waals surface area (Å²) in [5.74, 6) is 0.852. The number of rotatable bonds is 5. The Hall–Kier alpha value is -2.18. The van der Waals surface area contributed by atoms with Crippen molar-refractivity contribution in [3.05, 3.63) is 42.0 Å². The maximum atomic E-state index is 13.2. The van der Waals surface area contributed by atoms with Crippen molar-refractivity contribution in [2.24, 2.45) is 17.3 Å². The van der Waals surface area contributed by atoms with Gasteiger partial charge in [-0.25, -0.2) is 0 Å². The van der Waals surface area contributed by atoms with Crippen LogP contribution in [0.1, 0.15) is 31.2 Å². The fourth-order valence-corrected chi connectivity index (χ4v) is 5.68. The maximum Gasteiger partial charge on any atom is 0.228 e. The number of piperazine rings is 1. The summed E-state index contributed by atoms with van der Waals surface area (Å²) in [7, 11) is 0. The van der Waals surface area contributed by atoms with Crippen molar-refractivity contribution < 1.29 is 14.3 Å². The van der Waals surface area contributed by atoms with E-state index in [0.717, 1.165) is 71.5 Å². The number of hydrogen-bond acceptors (Lipinski definition) is 4. The predicted octanol–water partition coefficient (Wildman–Crippen LogP) is 2.51.